The van der Waals surface area contributed by atoms with Crippen LogP contribution in [0.3, 0.4) is 0 Å². The summed E-state index contributed by atoms with van der Waals surface area (Å²) in [5.74, 6) is 0. The fraction of sp³-hybridized carbons (Fsp3) is 0.765. The first kappa shape index (κ1) is 14.6. The van der Waals surface area contributed by atoms with Gasteiger partial charge in [0, 0.05) is 36.6 Å². The maximum Gasteiger partial charge on any atom is 0.0331 e. The van der Waals surface area contributed by atoms with Gasteiger partial charge in [-0.1, -0.05) is 31.7 Å². The van der Waals surface area contributed by atoms with Gasteiger partial charge < -0.3 is 5.32 Å². The molecule has 2 saturated carbocycles. The van der Waals surface area contributed by atoms with Gasteiger partial charge in [-0.3, -0.25) is 4.90 Å². The molecular formula is C17H28N2S. The molecule has 3 rings (SSSR count). The van der Waals surface area contributed by atoms with Gasteiger partial charge in [-0.25, -0.2) is 0 Å². The molecule has 2 fully saturated rings. The molecule has 0 atom stereocenters. The zero-order valence-electron chi connectivity index (χ0n) is 12.5. The minimum atomic E-state index is 0.792. The Morgan fingerprint density at radius 2 is 1.90 bits per heavy atom. The van der Waals surface area contributed by atoms with Crippen molar-refractivity contribution >= 4 is 11.3 Å². The minimum absolute atomic E-state index is 0.792. The molecule has 1 aromatic heterocycles. The number of hydrogen-bond acceptors (Lipinski definition) is 3. The van der Waals surface area contributed by atoms with Gasteiger partial charge in [0.25, 0.3) is 0 Å². The largest absolute Gasteiger partial charge is 0.313 e. The predicted molar refractivity (Wildman–Crippen MR) is 87.2 cm³/mol. The first-order valence-corrected chi connectivity index (χ1v) is 9.29. The van der Waals surface area contributed by atoms with Crippen LogP contribution in [0.1, 0.15) is 56.2 Å². The van der Waals surface area contributed by atoms with Gasteiger partial charge in [-0.2, -0.15) is 0 Å². The van der Waals surface area contributed by atoms with E-state index in [0.717, 1.165) is 18.6 Å². The highest BCUT2D eigenvalue weighted by atomic mass is 32.1. The van der Waals surface area contributed by atoms with E-state index in [4.69, 9.17) is 0 Å². The van der Waals surface area contributed by atoms with Crippen LogP contribution in [0.5, 0.6) is 0 Å². The fourth-order valence-corrected chi connectivity index (χ4v) is 4.06. The van der Waals surface area contributed by atoms with Gasteiger partial charge in [-0.05, 0) is 37.1 Å². The molecule has 3 heteroatoms. The third-order valence-electron chi connectivity index (χ3n) is 4.69. The van der Waals surface area contributed by atoms with Crippen LogP contribution in [-0.2, 0) is 6.54 Å². The Balaban J connectivity index is 1.40. The standard InChI is InChI=1S/C17H28N2S/c1-2-4-7-15(6-3-1)18-11-12-19(16-9-10-16)14-17-8-5-13-20-17/h5,8,13,15-16,18H,1-4,6-7,9-12,14H2. The number of thiophene rings is 1. The summed E-state index contributed by atoms with van der Waals surface area (Å²) in [4.78, 5) is 4.21. The molecule has 20 heavy (non-hydrogen) atoms. The van der Waals surface area contributed by atoms with E-state index in [9.17, 15) is 0 Å². The van der Waals surface area contributed by atoms with Crippen molar-refractivity contribution in [2.45, 2.75) is 70.0 Å². The summed E-state index contributed by atoms with van der Waals surface area (Å²) in [5.41, 5.74) is 0. The minimum Gasteiger partial charge on any atom is -0.313 e. The Hall–Kier alpha value is -0.380. The SMILES string of the molecule is c1csc(CN(CCNC2CCCCCC2)C2CC2)c1. The molecule has 1 aromatic rings. The lowest BCUT2D eigenvalue weighted by Crippen LogP contribution is -2.37. The maximum atomic E-state index is 3.82. The van der Waals surface area contributed by atoms with Crippen molar-refractivity contribution in [3.8, 4) is 0 Å². The van der Waals surface area contributed by atoms with Crippen molar-refractivity contribution in [2.75, 3.05) is 13.1 Å². The van der Waals surface area contributed by atoms with Crippen molar-refractivity contribution in [1.29, 1.82) is 0 Å². The second kappa shape index (κ2) is 7.58. The highest BCUT2D eigenvalue weighted by Gasteiger charge is 2.28. The molecule has 2 aliphatic carbocycles. The number of nitrogens with one attached hydrogen (secondary N) is 1. The first-order chi connectivity index (χ1) is 9.92. The van der Waals surface area contributed by atoms with E-state index >= 15 is 0 Å². The monoisotopic (exact) mass is 292 g/mol. The van der Waals surface area contributed by atoms with Gasteiger partial charge in [0.05, 0.1) is 0 Å². The highest BCUT2D eigenvalue weighted by Crippen LogP contribution is 2.28. The first-order valence-electron chi connectivity index (χ1n) is 8.41. The van der Waals surface area contributed by atoms with Crippen molar-refractivity contribution in [2.24, 2.45) is 0 Å². The Morgan fingerprint density at radius 1 is 1.10 bits per heavy atom. The smallest absolute Gasteiger partial charge is 0.0331 e. The number of rotatable bonds is 7. The number of nitrogens with zero attached hydrogens (tertiary/aromatic N) is 1. The van der Waals surface area contributed by atoms with E-state index in [-0.39, 0.29) is 0 Å². The highest BCUT2D eigenvalue weighted by molar-refractivity contribution is 7.09. The lowest BCUT2D eigenvalue weighted by Gasteiger charge is -2.23. The average molecular weight is 292 g/mol. The molecule has 1 heterocycles. The lowest BCUT2D eigenvalue weighted by atomic mass is 10.1. The van der Waals surface area contributed by atoms with Gasteiger partial charge in [0.15, 0.2) is 0 Å². The van der Waals surface area contributed by atoms with Crippen molar-refractivity contribution in [3.63, 3.8) is 0 Å². The average Bonchev–Trinajstić information content (AvgIpc) is 3.23. The number of hydrogen-bond donors (Lipinski definition) is 1. The summed E-state index contributed by atoms with van der Waals surface area (Å²) in [6.45, 7) is 3.56. The molecule has 0 amide bonds. The van der Waals surface area contributed by atoms with Crippen LogP contribution in [0, 0.1) is 0 Å². The Labute approximate surface area is 127 Å². The summed E-state index contributed by atoms with van der Waals surface area (Å²) >= 11 is 1.90. The molecular weight excluding hydrogens is 264 g/mol. The molecule has 0 saturated heterocycles. The van der Waals surface area contributed by atoms with Crippen LogP contribution >= 0.6 is 11.3 Å². The summed E-state index contributed by atoms with van der Waals surface area (Å²) in [5, 5.41) is 6.01. The van der Waals surface area contributed by atoms with Gasteiger partial charge >= 0.3 is 0 Å². The van der Waals surface area contributed by atoms with E-state index in [1.165, 1.54) is 69.3 Å². The molecule has 0 aliphatic heterocycles. The molecule has 0 spiro atoms. The normalized spacial score (nSPS) is 21.2. The summed E-state index contributed by atoms with van der Waals surface area (Å²) in [6, 6.07) is 6.11. The van der Waals surface area contributed by atoms with Gasteiger partial charge in [-0.15, -0.1) is 11.3 Å². The van der Waals surface area contributed by atoms with Gasteiger partial charge in [0.2, 0.25) is 0 Å². The van der Waals surface area contributed by atoms with Crippen molar-refractivity contribution < 1.29 is 0 Å². The summed E-state index contributed by atoms with van der Waals surface area (Å²) < 4.78 is 0. The second-order valence-electron chi connectivity index (χ2n) is 6.42. The topological polar surface area (TPSA) is 15.3 Å². The van der Waals surface area contributed by atoms with Gasteiger partial charge in [0.1, 0.15) is 0 Å². The van der Waals surface area contributed by atoms with Crippen LogP contribution in [0.2, 0.25) is 0 Å². The van der Waals surface area contributed by atoms with Crippen LogP contribution in [0.4, 0.5) is 0 Å². The zero-order chi connectivity index (χ0) is 13.6. The quantitative estimate of drug-likeness (QED) is 0.763. The van der Waals surface area contributed by atoms with E-state index in [0.29, 0.717) is 0 Å². The third kappa shape index (κ3) is 4.57. The van der Waals surface area contributed by atoms with Crippen LogP contribution in [0.15, 0.2) is 17.5 Å². The van der Waals surface area contributed by atoms with Crippen LogP contribution in [-0.4, -0.2) is 30.1 Å². The van der Waals surface area contributed by atoms with Crippen molar-refractivity contribution in [1.82, 2.24) is 10.2 Å². The molecule has 0 radical (unpaired) electrons. The van der Waals surface area contributed by atoms with Crippen LogP contribution in [0.25, 0.3) is 0 Å². The van der Waals surface area contributed by atoms with Crippen LogP contribution < -0.4 is 5.32 Å². The van der Waals surface area contributed by atoms with Crippen molar-refractivity contribution in [3.05, 3.63) is 22.4 Å². The lowest BCUT2D eigenvalue weighted by molar-refractivity contribution is 0.250. The summed E-state index contributed by atoms with van der Waals surface area (Å²) in [7, 11) is 0. The molecule has 0 bridgehead atoms. The Bertz CT molecular complexity index is 364. The Morgan fingerprint density at radius 3 is 2.55 bits per heavy atom. The van der Waals surface area contributed by atoms with E-state index in [2.05, 4.69) is 27.7 Å². The second-order valence-corrected chi connectivity index (χ2v) is 7.46. The van der Waals surface area contributed by atoms with E-state index in [1.807, 2.05) is 11.3 Å². The fourth-order valence-electron chi connectivity index (χ4n) is 3.33. The maximum absolute atomic E-state index is 3.82. The molecule has 0 unspecified atom stereocenters. The summed E-state index contributed by atoms with van der Waals surface area (Å²) in [6.07, 6.45) is 11.4. The third-order valence-corrected chi connectivity index (χ3v) is 5.55. The molecule has 0 aromatic carbocycles. The molecule has 1 N–H and O–H groups in total. The van der Waals surface area contributed by atoms with E-state index < -0.39 is 0 Å². The predicted octanol–water partition coefficient (Wildman–Crippen LogP) is 4.02. The molecule has 2 aliphatic rings. The molecule has 2 nitrogen and oxygen atoms in total. The Kier molecular flexibility index (Phi) is 5.51. The molecule has 112 valence electrons. The zero-order valence-corrected chi connectivity index (χ0v) is 13.3. The van der Waals surface area contributed by atoms with E-state index in [1.54, 1.807) is 0 Å².